The van der Waals surface area contributed by atoms with Crippen LogP contribution in [0, 0.1) is 6.92 Å². The molecule has 0 aliphatic rings. The van der Waals surface area contributed by atoms with E-state index in [4.69, 9.17) is 0 Å². The van der Waals surface area contributed by atoms with Crippen LogP contribution in [0.1, 0.15) is 36.5 Å². The molecule has 3 aromatic rings. The summed E-state index contributed by atoms with van der Waals surface area (Å²) in [6.07, 6.45) is 0.238. The molecule has 2 N–H and O–H groups in total. The smallest absolute Gasteiger partial charge is 0.242 e. The molecule has 31 heavy (non-hydrogen) atoms. The van der Waals surface area contributed by atoms with E-state index in [1.54, 1.807) is 24.3 Å². The molecule has 0 bridgehead atoms. The summed E-state index contributed by atoms with van der Waals surface area (Å²) in [5.74, 6) is -0.0197. The van der Waals surface area contributed by atoms with Crippen LogP contribution in [0.15, 0.2) is 83.8 Å². The lowest BCUT2D eigenvalue weighted by molar-refractivity contribution is -0.117. The number of anilines is 1. The summed E-state index contributed by atoms with van der Waals surface area (Å²) in [7, 11) is -3.86. The number of carbonyl (C=O) groups excluding carboxylic acids is 1. The zero-order valence-corrected chi connectivity index (χ0v) is 18.8. The molecule has 0 aliphatic carbocycles. The van der Waals surface area contributed by atoms with E-state index in [1.165, 1.54) is 5.56 Å². The lowest BCUT2D eigenvalue weighted by Crippen LogP contribution is -2.45. The van der Waals surface area contributed by atoms with Crippen LogP contribution < -0.4 is 10.0 Å². The summed E-state index contributed by atoms with van der Waals surface area (Å²) < 4.78 is 28.4. The molecule has 0 saturated carbocycles. The van der Waals surface area contributed by atoms with Gasteiger partial charge in [-0.2, -0.15) is 4.72 Å². The molecular weight excluding hydrogens is 408 g/mol. The lowest BCUT2D eigenvalue weighted by Gasteiger charge is -2.19. The van der Waals surface area contributed by atoms with Gasteiger partial charge in [0.2, 0.25) is 15.9 Å². The summed E-state index contributed by atoms with van der Waals surface area (Å²) in [5, 5.41) is 2.85. The molecule has 162 valence electrons. The van der Waals surface area contributed by atoms with E-state index < -0.39 is 22.0 Å². The van der Waals surface area contributed by atoms with Gasteiger partial charge in [-0.05, 0) is 54.7 Å². The van der Waals surface area contributed by atoms with E-state index >= 15 is 0 Å². The second-order valence-electron chi connectivity index (χ2n) is 7.94. The average Bonchev–Trinajstić information content (AvgIpc) is 2.74. The molecule has 3 aromatic carbocycles. The fourth-order valence-corrected chi connectivity index (χ4v) is 4.39. The van der Waals surface area contributed by atoms with Crippen molar-refractivity contribution in [1.82, 2.24) is 4.72 Å². The van der Waals surface area contributed by atoms with Crippen LogP contribution >= 0.6 is 0 Å². The number of amides is 1. The predicted octanol–water partition coefficient (Wildman–Crippen LogP) is 4.65. The molecule has 0 saturated heterocycles. The molecule has 1 amide bonds. The number of nitrogens with one attached hydrogen (secondary N) is 2. The summed E-state index contributed by atoms with van der Waals surface area (Å²) in [5.41, 5.74) is 3.62. The number of benzene rings is 3. The quantitative estimate of drug-likeness (QED) is 0.540. The van der Waals surface area contributed by atoms with Gasteiger partial charge in [0.15, 0.2) is 0 Å². The SMILES string of the molecule is Cc1ccc(S(=O)(=O)N[C@@H](Cc2ccccc2)C(=O)Nc2ccc(C(C)C)cc2)cc1. The maximum atomic E-state index is 13.1. The van der Waals surface area contributed by atoms with Gasteiger partial charge in [0.25, 0.3) is 0 Å². The average molecular weight is 437 g/mol. The Kier molecular flexibility index (Phi) is 7.25. The minimum atomic E-state index is -3.86. The second kappa shape index (κ2) is 9.90. The van der Waals surface area contributed by atoms with Gasteiger partial charge in [0, 0.05) is 5.69 Å². The lowest BCUT2D eigenvalue weighted by atomic mass is 10.0. The molecule has 0 aliphatic heterocycles. The fraction of sp³-hybridized carbons (Fsp3) is 0.240. The van der Waals surface area contributed by atoms with Crippen LogP contribution in [-0.2, 0) is 21.2 Å². The molecule has 0 unspecified atom stereocenters. The van der Waals surface area contributed by atoms with Crippen LogP contribution in [0.3, 0.4) is 0 Å². The third-order valence-electron chi connectivity index (χ3n) is 5.07. The highest BCUT2D eigenvalue weighted by Gasteiger charge is 2.26. The van der Waals surface area contributed by atoms with Gasteiger partial charge < -0.3 is 5.32 Å². The minimum Gasteiger partial charge on any atom is -0.325 e. The van der Waals surface area contributed by atoms with Crippen molar-refractivity contribution in [1.29, 1.82) is 0 Å². The Morgan fingerprint density at radius 3 is 2.06 bits per heavy atom. The van der Waals surface area contributed by atoms with Crippen LogP contribution in [0.4, 0.5) is 5.69 Å². The Bertz CT molecular complexity index is 1110. The summed E-state index contributed by atoms with van der Waals surface area (Å²) in [6, 6.07) is 22.5. The Morgan fingerprint density at radius 2 is 1.48 bits per heavy atom. The highest BCUT2D eigenvalue weighted by Crippen LogP contribution is 2.18. The van der Waals surface area contributed by atoms with Crippen molar-refractivity contribution in [2.45, 2.75) is 44.0 Å². The maximum absolute atomic E-state index is 13.1. The van der Waals surface area contributed by atoms with E-state index in [0.29, 0.717) is 11.6 Å². The van der Waals surface area contributed by atoms with Gasteiger partial charge in [-0.15, -0.1) is 0 Å². The van der Waals surface area contributed by atoms with Gasteiger partial charge in [-0.25, -0.2) is 8.42 Å². The first-order valence-corrected chi connectivity index (χ1v) is 11.8. The van der Waals surface area contributed by atoms with Crippen LogP contribution in [0.2, 0.25) is 0 Å². The van der Waals surface area contributed by atoms with Gasteiger partial charge in [-0.1, -0.05) is 74.0 Å². The predicted molar refractivity (Wildman–Crippen MR) is 125 cm³/mol. The topological polar surface area (TPSA) is 75.3 Å². The second-order valence-corrected chi connectivity index (χ2v) is 9.66. The maximum Gasteiger partial charge on any atom is 0.242 e. The molecule has 0 radical (unpaired) electrons. The molecule has 6 heteroatoms. The molecule has 0 aromatic heterocycles. The first kappa shape index (κ1) is 22.7. The van der Waals surface area contributed by atoms with Crippen molar-refractivity contribution in [2.24, 2.45) is 0 Å². The summed E-state index contributed by atoms with van der Waals surface area (Å²) in [6.45, 7) is 6.09. The van der Waals surface area contributed by atoms with E-state index in [-0.39, 0.29) is 11.3 Å². The highest BCUT2D eigenvalue weighted by atomic mass is 32.2. The third kappa shape index (κ3) is 6.26. The van der Waals surface area contributed by atoms with E-state index in [9.17, 15) is 13.2 Å². The normalized spacial score (nSPS) is 12.5. The molecular formula is C25H28N2O3S. The van der Waals surface area contributed by atoms with Crippen LogP contribution in [0.5, 0.6) is 0 Å². The van der Waals surface area contributed by atoms with Gasteiger partial charge in [-0.3, -0.25) is 4.79 Å². The molecule has 0 fully saturated rings. The number of carbonyl (C=O) groups is 1. The molecule has 5 nitrogen and oxygen atoms in total. The fourth-order valence-electron chi connectivity index (χ4n) is 3.19. The van der Waals surface area contributed by atoms with Crippen molar-refractivity contribution < 1.29 is 13.2 Å². The number of aryl methyl sites for hydroxylation is 1. The standard InChI is InChI=1S/C25H28N2O3S/c1-18(2)21-11-13-22(14-12-21)26-25(28)24(17-20-7-5-4-6-8-20)27-31(29,30)23-15-9-19(3)10-16-23/h4-16,18,24,27H,17H2,1-3H3,(H,26,28)/t24-/m0/s1. The Balaban J connectivity index is 1.83. The van der Waals surface area contributed by atoms with E-state index in [2.05, 4.69) is 23.9 Å². The van der Waals surface area contributed by atoms with E-state index in [1.807, 2.05) is 61.5 Å². The Labute approximate surface area is 184 Å². The van der Waals surface area contributed by atoms with Gasteiger partial charge in [0.1, 0.15) is 6.04 Å². The Hall–Kier alpha value is -2.96. The van der Waals surface area contributed by atoms with E-state index in [0.717, 1.165) is 11.1 Å². The summed E-state index contributed by atoms with van der Waals surface area (Å²) in [4.78, 5) is 13.2. The number of rotatable bonds is 8. The van der Waals surface area contributed by atoms with Gasteiger partial charge in [0.05, 0.1) is 4.90 Å². The number of sulfonamides is 1. The number of hydrogen-bond donors (Lipinski definition) is 2. The zero-order chi connectivity index (χ0) is 22.4. The van der Waals surface area contributed by atoms with Crippen molar-refractivity contribution >= 4 is 21.6 Å². The Morgan fingerprint density at radius 1 is 0.871 bits per heavy atom. The van der Waals surface area contributed by atoms with Crippen molar-refractivity contribution in [3.05, 3.63) is 95.6 Å². The highest BCUT2D eigenvalue weighted by molar-refractivity contribution is 7.89. The van der Waals surface area contributed by atoms with Crippen molar-refractivity contribution in [3.63, 3.8) is 0 Å². The molecule has 0 heterocycles. The minimum absolute atomic E-state index is 0.130. The first-order chi connectivity index (χ1) is 14.7. The zero-order valence-electron chi connectivity index (χ0n) is 18.0. The molecule has 1 atom stereocenters. The largest absolute Gasteiger partial charge is 0.325 e. The van der Waals surface area contributed by atoms with Crippen LogP contribution in [0.25, 0.3) is 0 Å². The van der Waals surface area contributed by atoms with Gasteiger partial charge >= 0.3 is 0 Å². The molecule has 0 spiro atoms. The number of hydrogen-bond acceptors (Lipinski definition) is 3. The monoisotopic (exact) mass is 436 g/mol. The van der Waals surface area contributed by atoms with Crippen molar-refractivity contribution in [3.8, 4) is 0 Å². The first-order valence-electron chi connectivity index (χ1n) is 10.3. The van der Waals surface area contributed by atoms with Crippen LogP contribution in [-0.4, -0.2) is 20.4 Å². The summed E-state index contributed by atoms with van der Waals surface area (Å²) >= 11 is 0. The molecule has 3 rings (SSSR count). The van der Waals surface area contributed by atoms with Crippen molar-refractivity contribution in [2.75, 3.05) is 5.32 Å². The third-order valence-corrected chi connectivity index (χ3v) is 6.56.